The Balaban J connectivity index is 1.82. The zero-order valence-electron chi connectivity index (χ0n) is 17.3. The highest BCUT2D eigenvalue weighted by molar-refractivity contribution is 6.30. The van der Waals surface area contributed by atoms with Gasteiger partial charge in [0.1, 0.15) is 12.4 Å². The van der Waals surface area contributed by atoms with Crippen LogP contribution in [-0.4, -0.2) is 28.6 Å². The molecule has 2 N–H and O–H groups in total. The molecule has 6 heteroatoms. The number of hydrogen-bond acceptors (Lipinski definition) is 4. The van der Waals surface area contributed by atoms with E-state index in [1.807, 2.05) is 61.5 Å². The minimum Gasteiger partial charge on any atom is -0.487 e. The Kier molecular flexibility index (Phi) is 8.21. The number of carbonyl (C=O) groups excluding carboxylic acids is 1. The smallest absolute Gasteiger partial charge is 0.252 e. The molecular formula is C25H25ClN2O3. The number of halogens is 1. The van der Waals surface area contributed by atoms with E-state index in [0.717, 1.165) is 16.8 Å². The molecule has 2 aromatic carbocycles. The Bertz CT molecular complexity index is 999. The van der Waals surface area contributed by atoms with Crippen LogP contribution in [0.2, 0.25) is 5.02 Å². The van der Waals surface area contributed by atoms with E-state index < -0.39 is 0 Å². The second kappa shape index (κ2) is 11.3. The lowest BCUT2D eigenvalue weighted by Crippen LogP contribution is -2.37. The minimum absolute atomic E-state index is 0.114. The SMILES string of the molecule is CCC(CO)NC(=O)C(=Cc1ccc(Cl)cc1)c1ccc(OCc2ccccn2)cc1. The fraction of sp³-hybridized carbons (Fsp3) is 0.200. The van der Waals surface area contributed by atoms with Crippen molar-refractivity contribution < 1.29 is 14.6 Å². The van der Waals surface area contributed by atoms with Gasteiger partial charge in [-0.05, 0) is 60.0 Å². The van der Waals surface area contributed by atoms with Crippen LogP contribution < -0.4 is 10.1 Å². The minimum atomic E-state index is -0.304. The van der Waals surface area contributed by atoms with Gasteiger partial charge in [0.15, 0.2) is 0 Å². The summed E-state index contributed by atoms with van der Waals surface area (Å²) in [6.07, 6.45) is 4.17. The highest BCUT2D eigenvalue weighted by Crippen LogP contribution is 2.23. The van der Waals surface area contributed by atoms with E-state index >= 15 is 0 Å². The summed E-state index contributed by atoms with van der Waals surface area (Å²) in [4.78, 5) is 17.2. The molecule has 0 saturated carbocycles. The van der Waals surface area contributed by atoms with Crippen LogP contribution in [0.5, 0.6) is 5.75 Å². The van der Waals surface area contributed by atoms with Crippen LogP contribution in [0, 0.1) is 0 Å². The third-order valence-corrected chi connectivity index (χ3v) is 5.00. The number of aliphatic hydroxyl groups excluding tert-OH is 1. The number of hydrogen-bond donors (Lipinski definition) is 2. The van der Waals surface area contributed by atoms with Crippen LogP contribution in [0.15, 0.2) is 72.9 Å². The number of aromatic nitrogens is 1. The van der Waals surface area contributed by atoms with Crippen molar-refractivity contribution in [1.29, 1.82) is 0 Å². The van der Waals surface area contributed by atoms with Crippen molar-refractivity contribution in [2.24, 2.45) is 0 Å². The van der Waals surface area contributed by atoms with Crippen molar-refractivity contribution in [3.63, 3.8) is 0 Å². The fourth-order valence-corrected chi connectivity index (χ4v) is 3.04. The lowest BCUT2D eigenvalue weighted by Gasteiger charge is -2.16. The zero-order chi connectivity index (χ0) is 22.1. The highest BCUT2D eigenvalue weighted by atomic mass is 35.5. The number of carbonyl (C=O) groups is 1. The number of ether oxygens (including phenoxy) is 1. The quantitative estimate of drug-likeness (QED) is 0.375. The third-order valence-electron chi connectivity index (χ3n) is 4.75. The lowest BCUT2D eigenvalue weighted by atomic mass is 10.0. The van der Waals surface area contributed by atoms with Gasteiger partial charge in [0.2, 0.25) is 0 Å². The Hall–Kier alpha value is -3.15. The standard InChI is InChI=1S/C25H25ClN2O3/c1-2-21(16-29)28-25(30)24(15-18-6-10-20(26)11-7-18)19-8-12-23(13-9-19)31-17-22-5-3-4-14-27-22/h3-15,21,29H,2,16-17H2,1H3,(H,28,30). The Morgan fingerprint density at radius 3 is 2.48 bits per heavy atom. The number of benzene rings is 2. The van der Waals surface area contributed by atoms with Crippen LogP contribution in [0.4, 0.5) is 0 Å². The molecule has 0 radical (unpaired) electrons. The normalized spacial score (nSPS) is 12.3. The first-order chi connectivity index (χ1) is 15.1. The molecule has 0 bridgehead atoms. The van der Waals surface area contributed by atoms with E-state index in [2.05, 4.69) is 10.3 Å². The van der Waals surface area contributed by atoms with Gasteiger partial charge in [-0.25, -0.2) is 0 Å². The average molecular weight is 437 g/mol. The fourth-order valence-electron chi connectivity index (χ4n) is 2.92. The van der Waals surface area contributed by atoms with Gasteiger partial charge in [-0.2, -0.15) is 0 Å². The van der Waals surface area contributed by atoms with Crippen molar-refractivity contribution in [1.82, 2.24) is 10.3 Å². The number of amides is 1. The molecule has 1 unspecified atom stereocenters. The first-order valence-corrected chi connectivity index (χ1v) is 10.5. The topological polar surface area (TPSA) is 71.5 Å². The average Bonchev–Trinajstić information content (AvgIpc) is 2.81. The molecule has 0 aliphatic carbocycles. The van der Waals surface area contributed by atoms with Crippen molar-refractivity contribution in [2.45, 2.75) is 26.0 Å². The lowest BCUT2D eigenvalue weighted by molar-refractivity contribution is -0.116. The van der Waals surface area contributed by atoms with Gasteiger partial charge < -0.3 is 15.2 Å². The molecule has 0 aliphatic rings. The number of aliphatic hydroxyl groups is 1. The molecule has 0 spiro atoms. The van der Waals surface area contributed by atoms with Gasteiger partial charge in [0.05, 0.1) is 18.3 Å². The predicted molar refractivity (Wildman–Crippen MR) is 124 cm³/mol. The van der Waals surface area contributed by atoms with E-state index in [9.17, 15) is 9.90 Å². The zero-order valence-corrected chi connectivity index (χ0v) is 18.0. The Morgan fingerprint density at radius 1 is 1.13 bits per heavy atom. The van der Waals surface area contributed by atoms with Gasteiger partial charge in [0, 0.05) is 16.8 Å². The summed E-state index contributed by atoms with van der Waals surface area (Å²) in [6.45, 7) is 2.16. The molecule has 0 fully saturated rings. The number of nitrogens with one attached hydrogen (secondary N) is 1. The number of pyridine rings is 1. The summed E-state index contributed by atoms with van der Waals surface area (Å²) in [5.74, 6) is 0.431. The summed E-state index contributed by atoms with van der Waals surface area (Å²) in [5, 5.41) is 13.0. The van der Waals surface area contributed by atoms with Crippen LogP contribution in [0.1, 0.15) is 30.2 Å². The van der Waals surface area contributed by atoms with Crippen molar-refractivity contribution in [2.75, 3.05) is 6.61 Å². The summed E-state index contributed by atoms with van der Waals surface area (Å²) < 4.78 is 5.79. The van der Waals surface area contributed by atoms with E-state index in [1.165, 1.54) is 0 Å². The molecule has 0 aliphatic heterocycles. The monoisotopic (exact) mass is 436 g/mol. The highest BCUT2D eigenvalue weighted by Gasteiger charge is 2.16. The molecule has 1 heterocycles. The Morgan fingerprint density at radius 2 is 1.87 bits per heavy atom. The second-order valence-corrected chi connectivity index (χ2v) is 7.44. The number of nitrogens with zero attached hydrogens (tertiary/aromatic N) is 1. The summed E-state index contributed by atoms with van der Waals surface area (Å²) in [6, 6.07) is 20.0. The van der Waals surface area contributed by atoms with Crippen LogP contribution in [-0.2, 0) is 11.4 Å². The van der Waals surface area contributed by atoms with Gasteiger partial charge in [-0.15, -0.1) is 0 Å². The van der Waals surface area contributed by atoms with E-state index in [1.54, 1.807) is 24.4 Å². The molecule has 1 aromatic heterocycles. The molecule has 3 aromatic rings. The number of rotatable bonds is 9. The summed E-state index contributed by atoms with van der Waals surface area (Å²) >= 11 is 5.98. The van der Waals surface area contributed by atoms with Crippen molar-refractivity contribution in [3.8, 4) is 5.75 Å². The molecule has 1 atom stereocenters. The largest absolute Gasteiger partial charge is 0.487 e. The maximum atomic E-state index is 13.0. The molecule has 3 rings (SSSR count). The maximum absolute atomic E-state index is 13.0. The van der Waals surface area contributed by atoms with Crippen LogP contribution in [0.25, 0.3) is 11.6 Å². The van der Waals surface area contributed by atoms with E-state index in [-0.39, 0.29) is 18.6 Å². The van der Waals surface area contributed by atoms with Crippen LogP contribution in [0.3, 0.4) is 0 Å². The van der Waals surface area contributed by atoms with Gasteiger partial charge in [0.25, 0.3) is 5.91 Å². The van der Waals surface area contributed by atoms with Gasteiger partial charge >= 0.3 is 0 Å². The first-order valence-electron chi connectivity index (χ1n) is 10.1. The van der Waals surface area contributed by atoms with Gasteiger partial charge in [-0.3, -0.25) is 9.78 Å². The molecule has 0 saturated heterocycles. The third kappa shape index (κ3) is 6.67. The Labute approximate surface area is 187 Å². The van der Waals surface area contributed by atoms with E-state index in [4.69, 9.17) is 16.3 Å². The van der Waals surface area contributed by atoms with Gasteiger partial charge in [-0.1, -0.05) is 48.9 Å². The van der Waals surface area contributed by atoms with Crippen LogP contribution >= 0.6 is 11.6 Å². The summed E-state index contributed by atoms with van der Waals surface area (Å²) in [7, 11) is 0. The second-order valence-electron chi connectivity index (χ2n) is 7.00. The first kappa shape index (κ1) is 22.5. The van der Waals surface area contributed by atoms with Crippen molar-refractivity contribution in [3.05, 3.63) is 94.8 Å². The summed E-state index contributed by atoms with van der Waals surface area (Å²) in [5.41, 5.74) is 2.92. The molecular weight excluding hydrogens is 412 g/mol. The molecule has 31 heavy (non-hydrogen) atoms. The maximum Gasteiger partial charge on any atom is 0.252 e. The molecule has 160 valence electrons. The molecule has 1 amide bonds. The van der Waals surface area contributed by atoms with E-state index in [0.29, 0.717) is 29.4 Å². The predicted octanol–water partition coefficient (Wildman–Crippen LogP) is 4.74. The molecule has 5 nitrogen and oxygen atoms in total. The van der Waals surface area contributed by atoms with Crippen molar-refractivity contribution >= 4 is 29.2 Å².